The summed E-state index contributed by atoms with van der Waals surface area (Å²) in [7, 11) is -4.50. The first-order valence-electron chi connectivity index (χ1n) is 10.5. The van der Waals surface area contributed by atoms with E-state index in [1.165, 1.54) is 32.3 Å². The summed E-state index contributed by atoms with van der Waals surface area (Å²) in [6.07, 6.45) is 5.25. The van der Waals surface area contributed by atoms with Crippen LogP contribution in [0.1, 0.15) is 67.8 Å². The highest BCUT2D eigenvalue weighted by atomic mass is 32.1. The SMILES string of the molecule is CC(C)(C)Cc1nc2c(s1)-c1ccc([C@H]3CC[C@](N)(COP(=O)(O)O)C3)cc1CC2. The first kappa shape index (κ1) is 22.1. The molecule has 0 amide bonds. The number of hydrogen-bond donors (Lipinski definition) is 3. The summed E-state index contributed by atoms with van der Waals surface area (Å²) in [5.41, 5.74) is 11.1. The number of phosphoric acid groups is 1. The highest BCUT2D eigenvalue weighted by molar-refractivity contribution is 7.46. The summed E-state index contributed by atoms with van der Waals surface area (Å²) in [5.74, 6) is 0.292. The molecule has 2 aliphatic carbocycles. The highest BCUT2D eigenvalue weighted by Gasteiger charge is 2.38. The molecule has 0 bridgehead atoms. The van der Waals surface area contributed by atoms with Crippen LogP contribution in [-0.4, -0.2) is 26.9 Å². The van der Waals surface area contributed by atoms with Gasteiger partial charge in [-0.1, -0.05) is 39.0 Å². The van der Waals surface area contributed by atoms with Crippen LogP contribution in [0.25, 0.3) is 10.4 Å². The molecule has 1 fully saturated rings. The van der Waals surface area contributed by atoms with Crippen molar-refractivity contribution in [1.29, 1.82) is 0 Å². The molecule has 164 valence electrons. The Morgan fingerprint density at radius 2 is 2.10 bits per heavy atom. The van der Waals surface area contributed by atoms with Crippen molar-refractivity contribution in [3.63, 3.8) is 0 Å². The molecule has 1 saturated carbocycles. The predicted molar refractivity (Wildman–Crippen MR) is 120 cm³/mol. The van der Waals surface area contributed by atoms with Crippen molar-refractivity contribution in [1.82, 2.24) is 4.98 Å². The molecular weight excluding hydrogens is 419 g/mol. The van der Waals surface area contributed by atoms with Gasteiger partial charge in [0.1, 0.15) is 0 Å². The molecule has 6 nitrogen and oxygen atoms in total. The number of phosphoric ester groups is 1. The summed E-state index contributed by atoms with van der Waals surface area (Å²) in [6, 6.07) is 6.73. The molecule has 0 aliphatic heterocycles. The second kappa shape index (κ2) is 7.80. The second-order valence-corrected chi connectivity index (χ2v) is 12.4. The summed E-state index contributed by atoms with van der Waals surface area (Å²) in [5, 5.41) is 1.22. The molecule has 2 aliphatic rings. The Bertz CT molecular complexity index is 994. The van der Waals surface area contributed by atoms with Crippen LogP contribution in [0, 0.1) is 5.41 Å². The third-order valence-electron chi connectivity index (χ3n) is 6.06. The van der Waals surface area contributed by atoms with Gasteiger partial charge in [-0.3, -0.25) is 4.52 Å². The zero-order chi connectivity index (χ0) is 21.7. The zero-order valence-electron chi connectivity index (χ0n) is 17.9. The minimum atomic E-state index is -4.50. The van der Waals surface area contributed by atoms with Crippen LogP contribution in [0.2, 0.25) is 0 Å². The largest absolute Gasteiger partial charge is 0.469 e. The van der Waals surface area contributed by atoms with Crippen LogP contribution < -0.4 is 5.73 Å². The molecule has 0 radical (unpaired) electrons. The average molecular weight is 451 g/mol. The molecular formula is C22H31N2O4PS. The number of nitrogens with two attached hydrogens (primary N) is 1. The summed E-state index contributed by atoms with van der Waals surface area (Å²) in [6.45, 7) is 6.63. The van der Waals surface area contributed by atoms with E-state index in [4.69, 9.17) is 25.0 Å². The van der Waals surface area contributed by atoms with Gasteiger partial charge in [-0.2, -0.15) is 0 Å². The maximum absolute atomic E-state index is 11.0. The number of rotatable bonds is 5. The van der Waals surface area contributed by atoms with E-state index in [0.29, 0.717) is 18.8 Å². The Hall–Kier alpha value is -1.08. The summed E-state index contributed by atoms with van der Waals surface area (Å²) in [4.78, 5) is 24.2. The molecule has 0 saturated heterocycles. The number of thiazole rings is 1. The number of benzene rings is 1. The van der Waals surface area contributed by atoms with Crippen LogP contribution >= 0.6 is 19.2 Å². The number of fused-ring (bicyclic) bond motifs is 3. The normalized spacial score (nSPS) is 24.0. The molecule has 8 heteroatoms. The van der Waals surface area contributed by atoms with Crippen molar-refractivity contribution >= 4 is 19.2 Å². The van der Waals surface area contributed by atoms with E-state index in [9.17, 15) is 4.57 Å². The van der Waals surface area contributed by atoms with E-state index in [0.717, 1.165) is 25.7 Å². The minimum Gasteiger partial charge on any atom is -0.323 e. The minimum absolute atomic E-state index is 0.112. The van der Waals surface area contributed by atoms with Gasteiger partial charge in [0, 0.05) is 12.0 Å². The van der Waals surface area contributed by atoms with Gasteiger partial charge in [0.05, 0.1) is 22.2 Å². The van der Waals surface area contributed by atoms with E-state index >= 15 is 0 Å². The van der Waals surface area contributed by atoms with E-state index in [-0.39, 0.29) is 12.0 Å². The maximum Gasteiger partial charge on any atom is 0.469 e. The first-order valence-corrected chi connectivity index (χ1v) is 12.9. The zero-order valence-corrected chi connectivity index (χ0v) is 19.6. The van der Waals surface area contributed by atoms with Gasteiger partial charge in [0.15, 0.2) is 0 Å². The molecule has 1 aromatic heterocycles. The van der Waals surface area contributed by atoms with Gasteiger partial charge in [-0.05, 0) is 60.1 Å². The van der Waals surface area contributed by atoms with Crippen LogP contribution in [0.5, 0.6) is 0 Å². The third-order valence-corrected chi connectivity index (χ3v) is 7.66. The lowest BCUT2D eigenvalue weighted by Gasteiger charge is -2.24. The molecule has 1 heterocycles. The fourth-order valence-electron chi connectivity index (χ4n) is 4.64. The Balaban J connectivity index is 1.51. The molecule has 2 atom stereocenters. The quantitative estimate of drug-likeness (QED) is 0.576. The van der Waals surface area contributed by atoms with Gasteiger partial charge in [0.25, 0.3) is 0 Å². The lowest BCUT2D eigenvalue weighted by molar-refractivity contribution is 0.153. The van der Waals surface area contributed by atoms with Gasteiger partial charge in [0.2, 0.25) is 0 Å². The molecule has 4 rings (SSSR count). The number of aryl methyl sites for hydroxylation is 2. The van der Waals surface area contributed by atoms with Crippen molar-refractivity contribution in [3.05, 3.63) is 40.0 Å². The smallest absolute Gasteiger partial charge is 0.323 e. The van der Waals surface area contributed by atoms with Crippen molar-refractivity contribution in [2.75, 3.05) is 6.61 Å². The molecule has 1 aromatic carbocycles. The highest BCUT2D eigenvalue weighted by Crippen LogP contribution is 2.45. The van der Waals surface area contributed by atoms with Crippen molar-refractivity contribution in [2.45, 2.75) is 70.8 Å². The van der Waals surface area contributed by atoms with Gasteiger partial charge in [-0.25, -0.2) is 9.55 Å². The molecule has 0 spiro atoms. The summed E-state index contributed by atoms with van der Waals surface area (Å²) >= 11 is 1.83. The number of aromatic nitrogens is 1. The summed E-state index contributed by atoms with van der Waals surface area (Å²) < 4.78 is 15.7. The Morgan fingerprint density at radius 3 is 2.80 bits per heavy atom. The fraction of sp³-hybridized carbons (Fsp3) is 0.591. The average Bonchev–Trinajstić information content (AvgIpc) is 3.21. The standard InChI is InChI=1S/C22H31N2O4PS/c1-21(2,3)12-19-24-18-7-5-15-10-14(4-6-17(15)20(18)30-19)16-8-9-22(23,11-16)13-28-29(25,26)27/h4,6,10,16H,5,7-9,11-13,23H2,1-3H3,(H2,25,26,27)/t16-,22+/m0/s1. The molecule has 4 N–H and O–H groups in total. The van der Waals surface area contributed by atoms with Crippen molar-refractivity contribution < 1.29 is 18.9 Å². The third kappa shape index (κ3) is 5.04. The van der Waals surface area contributed by atoms with Crippen LogP contribution in [0.3, 0.4) is 0 Å². The van der Waals surface area contributed by atoms with Gasteiger partial charge < -0.3 is 15.5 Å². The van der Waals surface area contributed by atoms with E-state index < -0.39 is 13.4 Å². The van der Waals surface area contributed by atoms with E-state index in [1.54, 1.807) is 0 Å². The molecule has 30 heavy (non-hydrogen) atoms. The Kier molecular flexibility index (Phi) is 5.76. The molecule has 2 aromatic rings. The number of nitrogens with zero attached hydrogens (tertiary/aromatic N) is 1. The maximum atomic E-state index is 11.0. The van der Waals surface area contributed by atoms with Crippen LogP contribution in [-0.2, 0) is 28.4 Å². The van der Waals surface area contributed by atoms with Crippen molar-refractivity contribution in [2.24, 2.45) is 11.1 Å². The predicted octanol–water partition coefficient (Wildman–Crippen LogP) is 4.57. The van der Waals surface area contributed by atoms with Gasteiger partial charge >= 0.3 is 7.82 Å². The topological polar surface area (TPSA) is 106 Å². The van der Waals surface area contributed by atoms with Crippen LogP contribution in [0.4, 0.5) is 0 Å². The Morgan fingerprint density at radius 1 is 1.33 bits per heavy atom. The number of hydrogen-bond acceptors (Lipinski definition) is 5. The second-order valence-electron chi connectivity index (χ2n) is 10.1. The van der Waals surface area contributed by atoms with E-state index in [1.807, 2.05) is 11.3 Å². The lowest BCUT2D eigenvalue weighted by atomic mass is 9.87. The monoisotopic (exact) mass is 450 g/mol. The van der Waals surface area contributed by atoms with Crippen LogP contribution in [0.15, 0.2) is 18.2 Å². The van der Waals surface area contributed by atoms with Crippen molar-refractivity contribution in [3.8, 4) is 10.4 Å². The Labute approximate surface area is 182 Å². The molecule has 0 unspecified atom stereocenters. The van der Waals surface area contributed by atoms with E-state index in [2.05, 4.69) is 39.0 Å². The van der Waals surface area contributed by atoms with Gasteiger partial charge in [-0.15, -0.1) is 11.3 Å². The first-order chi connectivity index (χ1) is 13.9. The fourth-order valence-corrected chi connectivity index (χ4v) is 6.54. The lowest BCUT2D eigenvalue weighted by Crippen LogP contribution is -2.41.